The molecule has 2 unspecified atom stereocenters. The molecular formula is C17H20N4. The normalized spacial score (nSPS) is 22.9. The van der Waals surface area contributed by atoms with E-state index in [0.717, 1.165) is 36.2 Å². The third-order valence-corrected chi connectivity index (χ3v) is 4.28. The van der Waals surface area contributed by atoms with Crippen LogP contribution in [0.1, 0.15) is 18.9 Å². The summed E-state index contributed by atoms with van der Waals surface area (Å²) >= 11 is 0. The van der Waals surface area contributed by atoms with Crippen LogP contribution in [0.2, 0.25) is 0 Å². The van der Waals surface area contributed by atoms with Crippen LogP contribution in [-0.2, 0) is 0 Å². The lowest BCUT2D eigenvalue weighted by Crippen LogP contribution is -2.43. The molecule has 0 bridgehead atoms. The van der Waals surface area contributed by atoms with E-state index in [2.05, 4.69) is 35.2 Å². The van der Waals surface area contributed by atoms with Crippen molar-refractivity contribution in [1.82, 2.24) is 9.88 Å². The van der Waals surface area contributed by atoms with E-state index in [0.29, 0.717) is 17.5 Å². The quantitative estimate of drug-likeness (QED) is 0.919. The summed E-state index contributed by atoms with van der Waals surface area (Å²) in [4.78, 5) is 7.01. The number of anilines is 1. The van der Waals surface area contributed by atoms with E-state index in [4.69, 9.17) is 0 Å². The summed E-state index contributed by atoms with van der Waals surface area (Å²) < 4.78 is 0. The Morgan fingerprint density at radius 1 is 1.38 bits per heavy atom. The van der Waals surface area contributed by atoms with Crippen molar-refractivity contribution >= 4 is 16.7 Å². The second-order valence-corrected chi connectivity index (χ2v) is 5.96. The number of fused-ring (bicyclic) bond motifs is 1. The van der Waals surface area contributed by atoms with Crippen molar-refractivity contribution in [3.63, 3.8) is 0 Å². The number of hydrogen-bond donors (Lipinski definition) is 1. The number of nitrogens with one attached hydrogen (secondary N) is 1. The van der Waals surface area contributed by atoms with E-state index in [1.165, 1.54) is 0 Å². The van der Waals surface area contributed by atoms with Gasteiger partial charge in [0, 0.05) is 18.0 Å². The maximum Gasteiger partial charge on any atom is 0.128 e. The largest absolute Gasteiger partial charge is 0.367 e. The van der Waals surface area contributed by atoms with Crippen molar-refractivity contribution in [2.45, 2.75) is 19.4 Å². The molecule has 0 spiro atoms. The fourth-order valence-electron chi connectivity index (χ4n) is 3.10. The fraction of sp³-hybridized carbons (Fsp3) is 0.412. The summed E-state index contributed by atoms with van der Waals surface area (Å²) in [7, 11) is 2.16. The second-order valence-electron chi connectivity index (χ2n) is 5.96. The van der Waals surface area contributed by atoms with E-state index < -0.39 is 0 Å². The number of aromatic nitrogens is 1. The molecule has 0 radical (unpaired) electrons. The molecule has 3 rings (SSSR count). The SMILES string of the molecule is CC1CN(C)CCC1Nc1cc(C#N)c2ccccc2n1. The van der Waals surface area contributed by atoms with Gasteiger partial charge in [-0.15, -0.1) is 0 Å². The number of nitrogens with zero attached hydrogens (tertiary/aromatic N) is 3. The summed E-state index contributed by atoms with van der Waals surface area (Å²) in [5.41, 5.74) is 1.56. The molecule has 4 heteroatoms. The number of rotatable bonds is 2. The van der Waals surface area contributed by atoms with Crippen LogP contribution in [0.5, 0.6) is 0 Å². The van der Waals surface area contributed by atoms with Gasteiger partial charge in [0.05, 0.1) is 17.1 Å². The van der Waals surface area contributed by atoms with Crippen molar-refractivity contribution in [1.29, 1.82) is 5.26 Å². The van der Waals surface area contributed by atoms with Gasteiger partial charge in [0.2, 0.25) is 0 Å². The maximum absolute atomic E-state index is 9.34. The van der Waals surface area contributed by atoms with E-state index in [9.17, 15) is 5.26 Å². The number of likely N-dealkylation sites (tertiary alicyclic amines) is 1. The standard InChI is InChI=1S/C17H20N4/c1-12-11-21(2)8-7-15(12)19-17-9-13(10-18)14-5-3-4-6-16(14)20-17/h3-6,9,12,15H,7-8,11H2,1-2H3,(H,19,20). The van der Waals surface area contributed by atoms with Crippen molar-refractivity contribution in [3.05, 3.63) is 35.9 Å². The van der Waals surface area contributed by atoms with Crippen LogP contribution in [0.4, 0.5) is 5.82 Å². The monoisotopic (exact) mass is 280 g/mol. The molecular weight excluding hydrogens is 260 g/mol. The van der Waals surface area contributed by atoms with Gasteiger partial charge in [-0.3, -0.25) is 0 Å². The van der Waals surface area contributed by atoms with Gasteiger partial charge in [-0.2, -0.15) is 5.26 Å². The van der Waals surface area contributed by atoms with Gasteiger partial charge in [-0.1, -0.05) is 25.1 Å². The molecule has 2 atom stereocenters. The lowest BCUT2D eigenvalue weighted by molar-refractivity contribution is 0.206. The Kier molecular flexibility index (Phi) is 3.76. The fourth-order valence-corrected chi connectivity index (χ4v) is 3.10. The molecule has 1 N–H and O–H groups in total. The molecule has 21 heavy (non-hydrogen) atoms. The highest BCUT2D eigenvalue weighted by molar-refractivity contribution is 5.86. The first kappa shape index (κ1) is 13.8. The highest BCUT2D eigenvalue weighted by Gasteiger charge is 2.24. The zero-order valence-electron chi connectivity index (χ0n) is 12.5. The summed E-state index contributed by atoms with van der Waals surface area (Å²) in [6.07, 6.45) is 1.11. The first-order valence-corrected chi connectivity index (χ1v) is 7.42. The lowest BCUT2D eigenvalue weighted by Gasteiger charge is -2.35. The number of nitriles is 1. The van der Waals surface area contributed by atoms with Gasteiger partial charge in [-0.05, 0) is 38.1 Å². The van der Waals surface area contributed by atoms with E-state index in [-0.39, 0.29) is 0 Å². The molecule has 4 nitrogen and oxygen atoms in total. The number of para-hydroxylation sites is 1. The van der Waals surface area contributed by atoms with Gasteiger partial charge in [0.25, 0.3) is 0 Å². The topological polar surface area (TPSA) is 52.0 Å². The molecule has 1 fully saturated rings. The van der Waals surface area contributed by atoms with Gasteiger partial charge >= 0.3 is 0 Å². The van der Waals surface area contributed by atoms with Crippen molar-refractivity contribution in [2.75, 3.05) is 25.5 Å². The van der Waals surface area contributed by atoms with Gasteiger partial charge in [-0.25, -0.2) is 4.98 Å². The molecule has 0 saturated carbocycles. The van der Waals surface area contributed by atoms with Crippen LogP contribution in [-0.4, -0.2) is 36.1 Å². The van der Waals surface area contributed by atoms with Gasteiger partial charge in [0.15, 0.2) is 0 Å². The molecule has 1 aromatic carbocycles. The third-order valence-electron chi connectivity index (χ3n) is 4.28. The maximum atomic E-state index is 9.34. The Bertz CT molecular complexity index is 689. The third kappa shape index (κ3) is 2.84. The highest BCUT2D eigenvalue weighted by Crippen LogP contribution is 2.23. The molecule has 1 aliphatic rings. The minimum absolute atomic E-state index is 0.418. The Balaban J connectivity index is 1.89. The predicted octanol–water partition coefficient (Wildman–Crippen LogP) is 2.86. The summed E-state index contributed by atoms with van der Waals surface area (Å²) in [6, 6.07) is 12.4. The predicted molar refractivity (Wildman–Crippen MR) is 85.1 cm³/mol. The number of benzene rings is 1. The van der Waals surface area contributed by atoms with Crippen LogP contribution >= 0.6 is 0 Å². The van der Waals surface area contributed by atoms with Crippen LogP contribution in [0.15, 0.2) is 30.3 Å². The smallest absolute Gasteiger partial charge is 0.128 e. The van der Waals surface area contributed by atoms with Gasteiger partial charge < -0.3 is 10.2 Å². The van der Waals surface area contributed by atoms with E-state index in [1.54, 1.807) is 0 Å². The zero-order valence-corrected chi connectivity index (χ0v) is 12.5. The average molecular weight is 280 g/mol. The molecule has 1 aromatic heterocycles. The number of pyridine rings is 1. The van der Waals surface area contributed by atoms with Crippen molar-refractivity contribution in [2.24, 2.45) is 5.92 Å². The molecule has 2 heterocycles. The minimum atomic E-state index is 0.418. The average Bonchev–Trinajstić information content (AvgIpc) is 2.49. The number of hydrogen-bond acceptors (Lipinski definition) is 4. The Morgan fingerprint density at radius 2 is 2.19 bits per heavy atom. The summed E-state index contributed by atoms with van der Waals surface area (Å²) in [6.45, 7) is 4.45. The van der Waals surface area contributed by atoms with Crippen LogP contribution in [0.25, 0.3) is 10.9 Å². The van der Waals surface area contributed by atoms with Crippen LogP contribution in [0, 0.1) is 17.2 Å². The molecule has 0 amide bonds. The Morgan fingerprint density at radius 3 is 2.95 bits per heavy atom. The summed E-state index contributed by atoms with van der Waals surface area (Å²) in [5, 5.41) is 13.8. The molecule has 1 aliphatic heterocycles. The minimum Gasteiger partial charge on any atom is -0.367 e. The Labute approximate surface area is 125 Å². The van der Waals surface area contributed by atoms with Gasteiger partial charge in [0.1, 0.15) is 5.82 Å². The Hall–Kier alpha value is -2.12. The van der Waals surface area contributed by atoms with E-state index >= 15 is 0 Å². The van der Waals surface area contributed by atoms with Crippen molar-refractivity contribution in [3.8, 4) is 6.07 Å². The molecule has 2 aromatic rings. The van der Waals surface area contributed by atoms with Crippen LogP contribution in [0.3, 0.4) is 0 Å². The lowest BCUT2D eigenvalue weighted by atomic mass is 9.94. The number of piperidine rings is 1. The second kappa shape index (κ2) is 5.71. The highest BCUT2D eigenvalue weighted by atomic mass is 15.1. The van der Waals surface area contributed by atoms with E-state index in [1.807, 2.05) is 30.3 Å². The molecule has 1 saturated heterocycles. The summed E-state index contributed by atoms with van der Waals surface area (Å²) in [5.74, 6) is 1.38. The molecule has 0 aliphatic carbocycles. The van der Waals surface area contributed by atoms with Crippen molar-refractivity contribution < 1.29 is 0 Å². The first-order chi connectivity index (χ1) is 10.2. The first-order valence-electron chi connectivity index (χ1n) is 7.42. The zero-order chi connectivity index (χ0) is 14.8. The van der Waals surface area contributed by atoms with Crippen LogP contribution < -0.4 is 5.32 Å². The molecule has 108 valence electrons.